The lowest BCUT2D eigenvalue weighted by Crippen LogP contribution is -2.41. The largest absolute Gasteiger partial charge is 0.492 e. The van der Waals surface area contributed by atoms with E-state index in [4.69, 9.17) is 16.3 Å². The van der Waals surface area contributed by atoms with Crippen LogP contribution in [0.25, 0.3) is 0 Å². The number of carbonyl (C=O) groups is 3. The molecule has 0 aromatic heterocycles. The highest BCUT2D eigenvalue weighted by atomic mass is 35.5. The molecule has 7 heteroatoms. The first kappa shape index (κ1) is 17.0. The van der Waals surface area contributed by atoms with Crippen LogP contribution in [0.3, 0.4) is 0 Å². The minimum Gasteiger partial charge on any atom is -0.492 e. The van der Waals surface area contributed by atoms with Gasteiger partial charge in [-0.1, -0.05) is 23.7 Å². The van der Waals surface area contributed by atoms with Crippen LogP contribution < -0.4 is 10.1 Å². The summed E-state index contributed by atoms with van der Waals surface area (Å²) in [5.74, 6) is -0.686. The summed E-state index contributed by atoms with van der Waals surface area (Å²) in [5, 5.41) is 3.24. The van der Waals surface area contributed by atoms with E-state index < -0.39 is 17.7 Å². The van der Waals surface area contributed by atoms with Crippen molar-refractivity contribution in [2.75, 3.05) is 19.7 Å². The van der Waals surface area contributed by atoms with E-state index >= 15 is 0 Å². The van der Waals surface area contributed by atoms with E-state index in [0.717, 1.165) is 4.90 Å². The van der Waals surface area contributed by atoms with Gasteiger partial charge in [0.15, 0.2) is 0 Å². The first-order valence-corrected chi connectivity index (χ1v) is 8.04. The smallest absolute Gasteiger partial charge is 0.262 e. The molecule has 0 unspecified atom stereocenters. The van der Waals surface area contributed by atoms with Crippen molar-refractivity contribution in [2.45, 2.75) is 0 Å². The van der Waals surface area contributed by atoms with Gasteiger partial charge in [-0.05, 0) is 36.4 Å². The lowest BCUT2D eigenvalue weighted by molar-refractivity contribution is -0.121. The Balaban J connectivity index is 1.46. The Morgan fingerprint density at radius 2 is 1.60 bits per heavy atom. The monoisotopic (exact) mass is 358 g/mol. The number of fused-ring (bicyclic) bond motifs is 1. The Bertz CT molecular complexity index is 785. The van der Waals surface area contributed by atoms with Crippen LogP contribution in [0.1, 0.15) is 20.7 Å². The first-order chi connectivity index (χ1) is 12.1. The molecule has 1 N–H and O–H groups in total. The molecule has 0 radical (unpaired) electrons. The van der Waals surface area contributed by atoms with Crippen LogP contribution in [-0.2, 0) is 4.79 Å². The Kier molecular flexibility index (Phi) is 5.00. The highest BCUT2D eigenvalue weighted by Gasteiger charge is 2.36. The molecule has 0 saturated heterocycles. The van der Waals surface area contributed by atoms with Gasteiger partial charge in [-0.2, -0.15) is 0 Å². The molecule has 0 atom stereocenters. The van der Waals surface area contributed by atoms with Crippen molar-refractivity contribution in [3.8, 4) is 5.75 Å². The second kappa shape index (κ2) is 7.36. The topological polar surface area (TPSA) is 75.7 Å². The summed E-state index contributed by atoms with van der Waals surface area (Å²) in [6.45, 7) is 0.202. The predicted octanol–water partition coefficient (Wildman–Crippen LogP) is 2.13. The van der Waals surface area contributed by atoms with Gasteiger partial charge in [0.1, 0.15) is 18.9 Å². The van der Waals surface area contributed by atoms with Gasteiger partial charge >= 0.3 is 0 Å². The fourth-order valence-electron chi connectivity index (χ4n) is 2.47. The number of hydrogen-bond donors (Lipinski definition) is 1. The van der Waals surface area contributed by atoms with Crippen LogP contribution in [0.5, 0.6) is 5.75 Å². The van der Waals surface area contributed by atoms with Crippen molar-refractivity contribution in [1.82, 2.24) is 10.2 Å². The molecule has 0 spiro atoms. The molecule has 3 amide bonds. The third-order valence-corrected chi connectivity index (χ3v) is 3.94. The summed E-state index contributed by atoms with van der Waals surface area (Å²) in [7, 11) is 0. The summed E-state index contributed by atoms with van der Waals surface area (Å²) in [6, 6.07) is 13.4. The third kappa shape index (κ3) is 3.80. The van der Waals surface area contributed by atoms with Gasteiger partial charge in [-0.25, -0.2) is 0 Å². The van der Waals surface area contributed by atoms with Crippen LogP contribution in [0.4, 0.5) is 0 Å². The zero-order valence-electron chi connectivity index (χ0n) is 13.2. The van der Waals surface area contributed by atoms with E-state index in [2.05, 4.69) is 5.32 Å². The lowest BCUT2D eigenvalue weighted by Gasteiger charge is -2.13. The number of imide groups is 1. The van der Waals surface area contributed by atoms with Crippen LogP contribution >= 0.6 is 11.6 Å². The summed E-state index contributed by atoms with van der Waals surface area (Å²) in [6.07, 6.45) is 0. The van der Waals surface area contributed by atoms with E-state index in [9.17, 15) is 14.4 Å². The lowest BCUT2D eigenvalue weighted by atomic mass is 10.1. The molecule has 25 heavy (non-hydrogen) atoms. The highest BCUT2D eigenvalue weighted by molar-refractivity contribution is 6.30. The summed E-state index contributed by atoms with van der Waals surface area (Å²) >= 11 is 5.78. The van der Waals surface area contributed by atoms with Gasteiger partial charge in [0.25, 0.3) is 11.8 Å². The Morgan fingerprint density at radius 1 is 1.00 bits per heavy atom. The molecular weight excluding hydrogens is 344 g/mol. The van der Waals surface area contributed by atoms with E-state index in [1.165, 1.54) is 0 Å². The molecule has 0 aliphatic carbocycles. The standard InChI is InChI=1S/C18H15ClN2O4/c19-12-5-7-13(8-6-12)25-10-9-20-16(22)11-21-17(23)14-3-1-2-4-15(14)18(21)24/h1-8H,9-11H2,(H,20,22). The minimum atomic E-state index is -0.451. The highest BCUT2D eigenvalue weighted by Crippen LogP contribution is 2.21. The first-order valence-electron chi connectivity index (χ1n) is 7.66. The average molecular weight is 359 g/mol. The maximum Gasteiger partial charge on any atom is 0.262 e. The van der Waals surface area contributed by atoms with Gasteiger partial charge in [0.05, 0.1) is 17.7 Å². The average Bonchev–Trinajstić information content (AvgIpc) is 2.86. The number of amides is 3. The fourth-order valence-corrected chi connectivity index (χ4v) is 2.60. The molecule has 0 fully saturated rings. The molecule has 1 aliphatic heterocycles. The maximum absolute atomic E-state index is 12.2. The van der Waals surface area contributed by atoms with Crippen LogP contribution in [0, 0.1) is 0 Å². The van der Waals surface area contributed by atoms with Crippen molar-refractivity contribution < 1.29 is 19.1 Å². The van der Waals surface area contributed by atoms with Crippen molar-refractivity contribution in [2.24, 2.45) is 0 Å². The molecule has 1 heterocycles. The number of hydrogen-bond acceptors (Lipinski definition) is 4. The minimum absolute atomic E-state index is 0.255. The Morgan fingerprint density at radius 3 is 2.20 bits per heavy atom. The van der Waals surface area contributed by atoms with Crippen molar-refractivity contribution in [1.29, 1.82) is 0 Å². The molecular formula is C18H15ClN2O4. The molecule has 6 nitrogen and oxygen atoms in total. The predicted molar refractivity (Wildman–Crippen MR) is 91.8 cm³/mol. The molecule has 0 saturated carbocycles. The van der Waals surface area contributed by atoms with Gasteiger partial charge in [0.2, 0.25) is 5.91 Å². The number of ether oxygens (including phenoxy) is 1. The van der Waals surface area contributed by atoms with Crippen LogP contribution in [0.15, 0.2) is 48.5 Å². The van der Waals surface area contributed by atoms with Crippen molar-refractivity contribution >= 4 is 29.3 Å². The second-order valence-electron chi connectivity index (χ2n) is 5.39. The molecule has 3 rings (SSSR count). The van der Waals surface area contributed by atoms with Gasteiger partial charge in [-0.15, -0.1) is 0 Å². The summed E-state index contributed by atoms with van der Waals surface area (Å²) in [4.78, 5) is 37.3. The van der Waals surface area contributed by atoms with E-state index in [0.29, 0.717) is 21.9 Å². The number of carbonyl (C=O) groups excluding carboxylic acids is 3. The summed E-state index contributed by atoms with van der Waals surface area (Å²) < 4.78 is 5.45. The summed E-state index contributed by atoms with van der Waals surface area (Å²) in [5.41, 5.74) is 0.651. The van der Waals surface area contributed by atoms with Gasteiger partial charge in [-0.3, -0.25) is 19.3 Å². The third-order valence-electron chi connectivity index (χ3n) is 3.69. The molecule has 128 valence electrons. The number of halogens is 1. The van der Waals surface area contributed by atoms with Gasteiger partial charge < -0.3 is 10.1 Å². The number of rotatable bonds is 6. The van der Waals surface area contributed by atoms with E-state index in [1.807, 2.05) is 0 Å². The van der Waals surface area contributed by atoms with Crippen LogP contribution in [0.2, 0.25) is 5.02 Å². The van der Waals surface area contributed by atoms with Crippen molar-refractivity contribution in [3.63, 3.8) is 0 Å². The quantitative estimate of drug-likeness (QED) is 0.634. The molecule has 2 aromatic carbocycles. The zero-order valence-corrected chi connectivity index (χ0v) is 14.0. The van der Waals surface area contributed by atoms with E-state index in [1.54, 1.807) is 48.5 Å². The number of nitrogens with zero attached hydrogens (tertiary/aromatic N) is 1. The number of benzene rings is 2. The Labute approximate surface area is 149 Å². The van der Waals surface area contributed by atoms with Crippen molar-refractivity contribution in [3.05, 3.63) is 64.7 Å². The normalized spacial score (nSPS) is 12.9. The Hall–Kier alpha value is -2.86. The number of nitrogens with one attached hydrogen (secondary N) is 1. The fraction of sp³-hybridized carbons (Fsp3) is 0.167. The SMILES string of the molecule is O=C(CN1C(=O)c2ccccc2C1=O)NCCOc1ccc(Cl)cc1. The van der Waals surface area contributed by atoms with E-state index in [-0.39, 0.29) is 19.7 Å². The maximum atomic E-state index is 12.2. The van der Waals surface area contributed by atoms with Gasteiger partial charge in [0, 0.05) is 5.02 Å². The molecule has 2 aromatic rings. The molecule has 1 aliphatic rings. The zero-order chi connectivity index (χ0) is 17.8. The van der Waals surface area contributed by atoms with Crippen LogP contribution in [-0.4, -0.2) is 42.3 Å². The molecule has 0 bridgehead atoms. The second-order valence-corrected chi connectivity index (χ2v) is 5.83.